The Bertz CT molecular complexity index is 919. The summed E-state index contributed by atoms with van der Waals surface area (Å²) in [5, 5.41) is 1.03. The number of hydrogen-bond donors (Lipinski definition) is 0. The molecule has 5 heteroatoms. The Morgan fingerprint density at radius 3 is 2.54 bits per heavy atom. The summed E-state index contributed by atoms with van der Waals surface area (Å²) in [5.74, 6) is 0.420. The monoisotopic (exact) mass is 350 g/mol. The summed E-state index contributed by atoms with van der Waals surface area (Å²) in [6.45, 7) is 1.57. The molecule has 2 heterocycles. The topological polar surface area (TPSA) is 42.4 Å². The number of halogens is 1. The van der Waals surface area contributed by atoms with Crippen molar-refractivity contribution in [3.05, 3.63) is 66.1 Å². The number of aldehydes is 1. The quantitative estimate of drug-likeness (QED) is 0.660. The molecule has 2 aromatic carbocycles. The second-order valence-electron chi connectivity index (χ2n) is 6.46. The minimum atomic E-state index is -0.266. The van der Waals surface area contributed by atoms with Gasteiger partial charge in [0.05, 0.1) is 11.2 Å². The maximum atomic E-state index is 13.0. The van der Waals surface area contributed by atoms with Gasteiger partial charge in [-0.1, -0.05) is 18.2 Å². The number of carbonyl (C=O) groups excluding carboxylic acids is 1. The summed E-state index contributed by atoms with van der Waals surface area (Å²) >= 11 is 0. The third kappa shape index (κ3) is 3.38. The van der Waals surface area contributed by atoms with Gasteiger partial charge in [-0.15, -0.1) is 0 Å². The van der Waals surface area contributed by atoms with E-state index in [1.54, 1.807) is 12.1 Å². The van der Waals surface area contributed by atoms with Gasteiger partial charge in [-0.25, -0.2) is 9.37 Å². The molecule has 1 saturated heterocycles. The third-order valence-electron chi connectivity index (χ3n) is 4.74. The molecule has 3 aromatic rings. The van der Waals surface area contributed by atoms with Gasteiger partial charge in [0, 0.05) is 31.3 Å². The number of anilines is 1. The zero-order valence-electron chi connectivity index (χ0n) is 14.3. The van der Waals surface area contributed by atoms with Crippen LogP contribution in [-0.4, -0.2) is 30.5 Å². The van der Waals surface area contributed by atoms with Crippen LogP contribution in [0, 0.1) is 5.82 Å². The highest BCUT2D eigenvalue weighted by Crippen LogP contribution is 2.27. The van der Waals surface area contributed by atoms with Gasteiger partial charge in [0.1, 0.15) is 23.4 Å². The molecule has 4 nitrogen and oxygen atoms in total. The van der Waals surface area contributed by atoms with Gasteiger partial charge in [0.25, 0.3) is 0 Å². The van der Waals surface area contributed by atoms with Gasteiger partial charge < -0.3 is 9.64 Å². The molecule has 0 bridgehead atoms. The van der Waals surface area contributed by atoms with Crippen LogP contribution in [0.5, 0.6) is 5.75 Å². The Balaban J connectivity index is 1.48. The van der Waals surface area contributed by atoms with Crippen LogP contribution in [0.2, 0.25) is 0 Å². The van der Waals surface area contributed by atoms with Crippen LogP contribution < -0.4 is 9.64 Å². The van der Waals surface area contributed by atoms with Crippen molar-refractivity contribution in [2.24, 2.45) is 0 Å². The van der Waals surface area contributed by atoms with Crippen LogP contribution in [0.4, 0.5) is 10.1 Å². The molecule has 132 valence electrons. The smallest absolute Gasteiger partial charge is 0.170 e. The number of carbonyl (C=O) groups is 1. The number of hydrogen-bond acceptors (Lipinski definition) is 4. The molecule has 0 unspecified atom stereocenters. The van der Waals surface area contributed by atoms with E-state index in [0.29, 0.717) is 11.4 Å². The number of pyridine rings is 1. The van der Waals surface area contributed by atoms with E-state index in [4.69, 9.17) is 4.74 Å². The molecular weight excluding hydrogens is 331 g/mol. The van der Waals surface area contributed by atoms with E-state index >= 15 is 0 Å². The van der Waals surface area contributed by atoms with Crippen LogP contribution in [0.3, 0.4) is 0 Å². The Kier molecular flexibility index (Phi) is 4.52. The number of aromatic nitrogens is 1. The minimum absolute atomic E-state index is 0.0878. The number of para-hydroxylation sites is 1. The van der Waals surface area contributed by atoms with Gasteiger partial charge in [-0.2, -0.15) is 0 Å². The normalized spacial score (nSPS) is 15.2. The molecule has 1 aliphatic heterocycles. The van der Waals surface area contributed by atoms with Crippen LogP contribution in [0.25, 0.3) is 10.9 Å². The molecule has 1 aromatic heterocycles. The van der Waals surface area contributed by atoms with E-state index in [9.17, 15) is 9.18 Å². The molecule has 0 N–H and O–H groups in total. The first-order valence-corrected chi connectivity index (χ1v) is 8.75. The maximum absolute atomic E-state index is 13.0. The summed E-state index contributed by atoms with van der Waals surface area (Å²) in [7, 11) is 0. The Morgan fingerprint density at radius 1 is 1.08 bits per heavy atom. The Labute approximate surface area is 151 Å². The third-order valence-corrected chi connectivity index (χ3v) is 4.74. The second kappa shape index (κ2) is 7.12. The average molecular weight is 350 g/mol. The SMILES string of the molecule is O=Cc1nc2ccccc2cc1N1CCC(Oc2ccc(F)cc2)CC1. The number of ether oxygens (including phenoxy) is 1. The van der Waals surface area contributed by atoms with Crippen molar-refractivity contribution in [1.29, 1.82) is 0 Å². The van der Waals surface area contributed by atoms with Gasteiger partial charge >= 0.3 is 0 Å². The van der Waals surface area contributed by atoms with Crippen molar-refractivity contribution in [1.82, 2.24) is 4.98 Å². The number of piperidine rings is 1. The van der Waals surface area contributed by atoms with Crippen LogP contribution >= 0.6 is 0 Å². The Morgan fingerprint density at radius 2 is 1.81 bits per heavy atom. The Hall–Kier alpha value is -2.95. The van der Waals surface area contributed by atoms with E-state index in [0.717, 1.165) is 48.8 Å². The second-order valence-corrected chi connectivity index (χ2v) is 6.46. The highest BCUT2D eigenvalue weighted by atomic mass is 19.1. The molecule has 1 aliphatic rings. The van der Waals surface area contributed by atoms with E-state index in [1.165, 1.54) is 12.1 Å². The fourth-order valence-corrected chi connectivity index (χ4v) is 3.38. The summed E-state index contributed by atoms with van der Waals surface area (Å²) in [5.41, 5.74) is 2.17. The molecule has 0 radical (unpaired) electrons. The first kappa shape index (κ1) is 16.5. The van der Waals surface area contributed by atoms with Crippen molar-refractivity contribution in [2.75, 3.05) is 18.0 Å². The lowest BCUT2D eigenvalue weighted by Gasteiger charge is -2.34. The summed E-state index contributed by atoms with van der Waals surface area (Å²) in [4.78, 5) is 18.2. The van der Waals surface area contributed by atoms with Gasteiger partial charge in [-0.05, 0) is 36.4 Å². The predicted octanol–water partition coefficient (Wildman–Crippen LogP) is 4.23. The number of fused-ring (bicyclic) bond motifs is 1. The molecular formula is C21H19FN2O2. The molecule has 1 fully saturated rings. The molecule has 0 aliphatic carbocycles. The molecule has 0 atom stereocenters. The molecule has 4 rings (SSSR count). The molecule has 26 heavy (non-hydrogen) atoms. The first-order valence-electron chi connectivity index (χ1n) is 8.75. The lowest BCUT2D eigenvalue weighted by Crippen LogP contribution is -2.38. The summed E-state index contributed by atoms with van der Waals surface area (Å²) in [6, 6.07) is 16.0. The summed E-state index contributed by atoms with van der Waals surface area (Å²) in [6.07, 6.45) is 2.58. The van der Waals surface area contributed by atoms with E-state index in [2.05, 4.69) is 9.88 Å². The number of nitrogens with zero attached hydrogens (tertiary/aromatic N) is 2. The number of benzene rings is 2. The van der Waals surface area contributed by atoms with Crippen molar-refractivity contribution in [3.63, 3.8) is 0 Å². The van der Waals surface area contributed by atoms with Crippen molar-refractivity contribution in [2.45, 2.75) is 18.9 Å². The standard InChI is InChI=1S/C21H19FN2O2/c22-16-5-7-17(8-6-16)26-18-9-11-24(12-10-18)21-13-15-3-1-2-4-19(15)23-20(21)14-25/h1-8,13-14,18H,9-12H2. The maximum Gasteiger partial charge on any atom is 0.170 e. The van der Waals surface area contributed by atoms with Crippen molar-refractivity contribution in [3.8, 4) is 5.75 Å². The van der Waals surface area contributed by atoms with Gasteiger partial charge in [0.2, 0.25) is 0 Å². The lowest BCUT2D eigenvalue weighted by molar-refractivity contribution is 0.111. The van der Waals surface area contributed by atoms with E-state index < -0.39 is 0 Å². The highest BCUT2D eigenvalue weighted by Gasteiger charge is 2.23. The van der Waals surface area contributed by atoms with E-state index in [1.807, 2.05) is 30.3 Å². The zero-order chi connectivity index (χ0) is 17.9. The largest absolute Gasteiger partial charge is 0.490 e. The fourth-order valence-electron chi connectivity index (χ4n) is 3.38. The van der Waals surface area contributed by atoms with Crippen LogP contribution in [0.1, 0.15) is 23.3 Å². The predicted molar refractivity (Wildman–Crippen MR) is 99.4 cm³/mol. The minimum Gasteiger partial charge on any atom is -0.490 e. The van der Waals surface area contributed by atoms with Gasteiger partial charge in [0.15, 0.2) is 6.29 Å². The molecule has 0 amide bonds. The van der Waals surface area contributed by atoms with Crippen LogP contribution in [0.15, 0.2) is 54.6 Å². The average Bonchev–Trinajstić information content (AvgIpc) is 2.69. The van der Waals surface area contributed by atoms with Gasteiger partial charge in [-0.3, -0.25) is 4.79 Å². The number of rotatable bonds is 4. The summed E-state index contributed by atoms with van der Waals surface area (Å²) < 4.78 is 18.9. The molecule has 0 saturated carbocycles. The van der Waals surface area contributed by atoms with Crippen molar-refractivity contribution >= 4 is 22.9 Å². The lowest BCUT2D eigenvalue weighted by atomic mass is 10.1. The van der Waals surface area contributed by atoms with E-state index in [-0.39, 0.29) is 11.9 Å². The fraction of sp³-hybridized carbons (Fsp3) is 0.238. The van der Waals surface area contributed by atoms with Crippen LogP contribution in [-0.2, 0) is 0 Å². The first-order chi connectivity index (χ1) is 12.7. The zero-order valence-corrected chi connectivity index (χ0v) is 14.3. The van der Waals surface area contributed by atoms with Crippen molar-refractivity contribution < 1.29 is 13.9 Å². The highest BCUT2D eigenvalue weighted by molar-refractivity contribution is 5.91. The molecule has 0 spiro atoms.